The Morgan fingerprint density at radius 3 is 2.96 bits per heavy atom. The Hall–Kier alpha value is -3.01. The van der Waals surface area contributed by atoms with Crippen LogP contribution in [0.5, 0.6) is 11.5 Å². The number of fused-ring (bicyclic) bond motifs is 2. The summed E-state index contributed by atoms with van der Waals surface area (Å²) in [5.41, 5.74) is 3.26. The molecule has 4 rings (SSSR count). The Morgan fingerprint density at radius 2 is 2.09 bits per heavy atom. The first-order chi connectivity index (χ1) is 11.3. The highest BCUT2D eigenvalue weighted by Crippen LogP contribution is 2.32. The average molecular weight is 305 g/mol. The molecule has 1 aliphatic heterocycles. The molecule has 0 aliphatic carbocycles. The topological polar surface area (TPSA) is 51.3 Å². The van der Waals surface area contributed by atoms with E-state index in [1.165, 1.54) is 0 Å². The molecule has 1 N–H and O–H groups in total. The number of para-hydroxylation sites is 1. The molecule has 114 valence electrons. The Morgan fingerprint density at radius 1 is 1.22 bits per heavy atom. The fourth-order valence-electron chi connectivity index (χ4n) is 2.84. The van der Waals surface area contributed by atoms with Crippen molar-refractivity contribution in [3.05, 3.63) is 65.4 Å². The molecule has 0 amide bonds. The van der Waals surface area contributed by atoms with Crippen molar-refractivity contribution in [2.24, 2.45) is 0 Å². The van der Waals surface area contributed by atoms with Crippen LogP contribution in [0, 0.1) is 0 Å². The van der Waals surface area contributed by atoms with Gasteiger partial charge in [0.05, 0.1) is 12.7 Å². The smallest absolute Gasteiger partial charge is 0.196 e. The van der Waals surface area contributed by atoms with Gasteiger partial charge in [0.15, 0.2) is 5.78 Å². The number of benzene rings is 2. The lowest BCUT2D eigenvalue weighted by atomic mass is 9.98. The second-order valence-corrected chi connectivity index (χ2v) is 5.44. The minimum absolute atomic E-state index is 0.000755. The van der Waals surface area contributed by atoms with Crippen LogP contribution < -0.4 is 9.47 Å². The predicted octanol–water partition coefficient (Wildman–Crippen LogP) is 3.84. The van der Waals surface area contributed by atoms with Crippen LogP contribution in [-0.2, 0) is 0 Å². The van der Waals surface area contributed by atoms with Gasteiger partial charge in [-0.15, -0.1) is 0 Å². The van der Waals surface area contributed by atoms with Crippen molar-refractivity contribution >= 4 is 22.8 Å². The minimum atomic E-state index is -0.000755. The third-order valence-electron chi connectivity index (χ3n) is 4.06. The van der Waals surface area contributed by atoms with E-state index in [9.17, 15) is 4.79 Å². The van der Waals surface area contributed by atoms with Crippen LogP contribution in [0.4, 0.5) is 0 Å². The van der Waals surface area contributed by atoms with Crippen LogP contribution in [0.3, 0.4) is 0 Å². The summed E-state index contributed by atoms with van der Waals surface area (Å²) in [5, 5.41) is 1.09. The number of ether oxygens (including phenoxy) is 2. The summed E-state index contributed by atoms with van der Waals surface area (Å²) in [6.07, 6.45) is 3.81. The first-order valence-electron chi connectivity index (χ1n) is 7.38. The van der Waals surface area contributed by atoms with Crippen LogP contribution in [0.2, 0.25) is 0 Å². The maximum absolute atomic E-state index is 12.7. The molecule has 0 bridgehead atoms. The van der Waals surface area contributed by atoms with E-state index in [-0.39, 0.29) is 12.4 Å². The fraction of sp³-hybridized carbons (Fsp3) is 0.105. The number of aromatic nitrogens is 1. The van der Waals surface area contributed by atoms with Crippen LogP contribution >= 0.6 is 0 Å². The quantitative estimate of drug-likeness (QED) is 0.732. The molecule has 0 fully saturated rings. The zero-order valence-electron chi connectivity index (χ0n) is 12.6. The maximum atomic E-state index is 12.7. The number of aromatic amines is 1. The summed E-state index contributed by atoms with van der Waals surface area (Å²) in [5.74, 6) is 1.25. The SMILES string of the molecule is COc1ccc2c(c1)OC/C(=C\c1c[nH]c3ccccc13)C2=O. The summed E-state index contributed by atoms with van der Waals surface area (Å²) in [4.78, 5) is 15.9. The van der Waals surface area contributed by atoms with E-state index in [4.69, 9.17) is 9.47 Å². The van der Waals surface area contributed by atoms with E-state index in [0.29, 0.717) is 22.6 Å². The number of nitrogens with one attached hydrogen (secondary N) is 1. The Bertz CT molecular complexity index is 937. The molecule has 3 aromatic rings. The highest BCUT2D eigenvalue weighted by atomic mass is 16.5. The lowest BCUT2D eigenvalue weighted by molar-refractivity contribution is 0.100. The van der Waals surface area contributed by atoms with Crippen LogP contribution in [0.25, 0.3) is 17.0 Å². The third-order valence-corrected chi connectivity index (χ3v) is 4.06. The molecule has 1 aliphatic rings. The Kier molecular flexibility index (Phi) is 3.15. The number of ketones is 1. The van der Waals surface area contributed by atoms with Crippen LogP contribution in [0.15, 0.2) is 54.2 Å². The third kappa shape index (κ3) is 2.28. The first kappa shape index (κ1) is 13.6. The largest absolute Gasteiger partial charge is 0.497 e. The molecule has 0 saturated carbocycles. The number of methoxy groups -OCH3 is 1. The van der Waals surface area contributed by atoms with Crippen LogP contribution in [0.1, 0.15) is 15.9 Å². The predicted molar refractivity (Wildman–Crippen MR) is 89.1 cm³/mol. The first-order valence-corrected chi connectivity index (χ1v) is 7.38. The average Bonchev–Trinajstić information content (AvgIpc) is 3.00. The van der Waals surface area contributed by atoms with Crippen LogP contribution in [-0.4, -0.2) is 24.5 Å². The van der Waals surface area contributed by atoms with E-state index >= 15 is 0 Å². The summed E-state index contributed by atoms with van der Waals surface area (Å²) >= 11 is 0. The van der Waals surface area contributed by atoms with Gasteiger partial charge >= 0.3 is 0 Å². The zero-order chi connectivity index (χ0) is 15.8. The fourth-order valence-corrected chi connectivity index (χ4v) is 2.84. The zero-order valence-corrected chi connectivity index (χ0v) is 12.6. The molecule has 0 saturated heterocycles. The summed E-state index contributed by atoms with van der Waals surface area (Å²) < 4.78 is 10.9. The minimum Gasteiger partial charge on any atom is -0.497 e. The normalized spacial score (nSPS) is 15.5. The molecule has 4 heteroatoms. The number of rotatable bonds is 2. The van der Waals surface area contributed by atoms with Crippen molar-refractivity contribution in [1.29, 1.82) is 0 Å². The molecule has 1 aromatic heterocycles. The summed E-state index contributed by atoms with van der Waals surface area (Å²) in [6.45, 7) is 0.262. The number of carbonyl (C=O) groups is 1. The van der Waals surface area contributed by atoms with Crippen molar-refractivity contribution in [1.82, 2.24) is 4.98 Å². The highest BCUT2D eigenvalue weighted by molar-refractivity contribution is 6.14. The van der Waals surface area contributed by atoms with Gasteiger partial charge in [-0.3, -0.25) is 4.79 Å². The molecule has 0 unspecified atom stereocenters. The number of Topliss-reactive ketones (excluding diaryl/α,β-unsaturated/α-hetero) is 1. The van der Waals surface area contributed by atoms with E-state index in [1.54, 1.807) is 25.3 Å². The van der Waals surface area contributed by atoms with Gasteiger partial charge in [-0.2, -0.15) is 0 Å². The molecule has 2 aromatic carbocycles. The van der Waals surface area contributed by atoms with Crippen molar-refractivity contribution in [3.8, 4) is 11.5 Å². The van der Waals surface area contributed by atoms with Gasteiger partial charge in [0, 0.05) is 34.3 Å². The number of carbonyl (C=O) groups excluding carboxylic acids is 1. The maximum Gasteiger partial charge on any atom is 0.196 e. The van der Waals surface area contributed by atoms with E-state index < -0.39 is 0 Å². The Labute approximate surface area is 133 Å². The second-order valence-electron chi connectivity index (χ2n) is 5.44. The van der Waals surface area contributed by atoms with Gasteiger partial charge in [0.1, 0.15) is 18.1 Å². The monoisotopic (exact) mass is 305 g/mol. The van der Waals surface area contributed by atoms with Gasteiger partial charge in [0.25, 0.3) is 0 Å². The lowest BCUT2D eigenvalue weighted by Crippen LogP contribution is -2.19. The van der Waals surface area contributed by atoms with Gasteiger partial charge in [-0.25, -0.2) is 0 Å². The molecular weight excluding hydrogens is 290 g/mol. The van der Waals surface area contributed by atoms with Crippen molar-refractivity contribution in [2.45, 2.75) is 0 Å². The standard InChI is InChI=1S/C19H15NO3/c1-22-14-6-7-16-18(9-14)23-11-13(19(16)21)8-12-10-20-17-5-3-2-4-15(12)17/h2-10,20H,11H2,1H3/b13-8+. The van der Waals surface area contributed by atoms with Crippen molar-refractivity contribution in [2.75, 3.05) is 13.7 Å². The lowest BCUT2D eigenvalue weighted by Gasteiger charge is -2.19. The van der Waals surface area contributed by atoms with Gasteiger partial charge in [-0.1, -0.05) is 18.2 Å². The van der Waals surface area contributed by atoms with E-state index in [2.05, 4.69) is 4.98 Å². The van der Waals surface area contributed by atoms with Crippen molar-refractivity contribution < 1.29 is 14.3 Å². The van der Waals surface area contributed by atoms with Gasteiger partial charge in [0.2, 0.25) is 0 Å². The van der Waals surface area contributed by atoms with E-state index in [1.807, 2.05) is 36.5 Å². The van der Waals surface area contributed by atoms with Gasteiger partial charge in [-0.05, 0) is 24.3 Å². The molecule has 0 spiro atoms. The second kappa shape index (κ2) is 5.32. The summed E-state index contributed by atoms with van der Waals surface area (Å²) in [7, 11) is 1.59. The highest BCUT2D eigenvalue weighted by Gasteiger charge is 2.24. The summed E-state index contributed by atoms with van der Waals surface area (Å²) in [6, 6.07) is 13.3. The molecule has 0 radical (unpaired) electrons. The Balaban J connectivity index is 1.74. The number of H-pyrrole nitrogens is 1. The molecular formula is C19H15NO3. The number of hydrogen-bond donors (Lipinski definition) is 1. The molecule has 23 heavy (non-hydrogen) atoms. The molecule has 0 atom stereocenters. The molecule has 4 nitrogen and oxygen atoms in total. The number of hydrogen-bond acceptors (Lipinski definition) is 3. The van der Waals surface area contributed by atoms with E-state index in [0.717, 1.165) is 16.5 Å². The van der Waals surface area contributed by atoms with Crippen molar-refractivity contribution in [3.63, 3.8) is 0 Å². The molecule has 2 heterocycles. The van der Waals surface area contributed by atoms with Gasteiger partial charge < -0.3 is 14.5 Å².